The lowest BCUT2D eigenvalue weighted by Gasteiger charge is -2.29. The monoisotopic (exact) mass is 294 g/mol. The Labute approximate surface area is 124 Å². The van der Waals surface area contributed by atoms with E-state index in [-0.39, 0.29) is 0 Å². The molecule has 0 saturated carbocycles. The molecule has 0 aliphatic carbocycles. The minimum atomic E-state index is -1.14. The number of urea groups is 1. The lowest BCUT2D eigenvalue weighted by atomic mass is 10.1. The van der Waals surface area contributed by atoms with Crippen molar-refractivity contribution in [1.29, 1.82) is 0 Å². The van der Waals surface area contributed by atoms with Crippen molar-refractivity contribution < 1.29 is 19.4 Å². The van der Waals surface area contributed by atoms with Gasteiger partial charge in [0.15, 0.2) is 6.04 Å². The standard InChI is InChI=1S/C15H22N2O4/c1-10(21-15(2,3)4)12(13(18)19)17-14(20)16-11-8-6-5-7-9-11/h5-10,12H,1-4H3,(H,18,19)(H2,16,17,20)/t10-,12+/m1/s1. The van der Waals surface area contributed by atoms with Gasteiger partial charge in [-0.05, 0) is 39.8 Å². The Morgan fingerprint density at radius 2 is 1.76 bits per heavy atom. The van der Waals surface area contributed by atoms with Crippen molar-refractivity contribution in [1.82, 2.24) is 5.32 Å². The van der Waals surface area contributed by atoms with Gasteiger partial charge in [-0.1, -0.05) is 18.2 Å². The van der Waals surface area contributed by atoms with Crippen LogP contribution in [-0.4, -0.2) is 34.9 Å². The number of para-hydroxylation sites is 1. The number of carboxylic acids is 1. The van der Waals surface area contributed by atoms with Crippen molar-refractivity contribution in [2.75, 3.05) is 5.32 Å². The van der Waals surface area contributed by atoms with Gasteiger partial charge in [-0.2, -0.15) is 0 Å². The van der Waals surface area contributed by atoms with Crippen LogP contribution in [0.1, 0.15) is 27.7 Å². The summed E-state index contributed by atoms with van der Waals surface area (Å²) in [6.07, 6.45) is -0.663. The van der Waals surface area contributed by atoms with Gasteiger partial charge < -0.3 is 20.5 Å². The second-order valence-electron chi connectivity index (χ2n) is 5.72. The van der Waals surface area contributed by atoms with E-state index in [2.05, 4.69) is 10.6 Å². The number of nitrogens with one attached hydrogen (secondary N) is 2. The van der Waals surface area contributed by atoms with Crippen LogP contribution in [0.5, 0.6) is 0 Å². The van der Waals surface area contributed by atoms with E-state index in [9.17, 15) is 14.7 Å². The third kappa shape index (κ3) is 6.27. The molecular weight excluding hydrogens is 272 g/mol. The fourth-order valence-corrected chi connectivity index (χ4v) is 1.84. The van der Waals surface area contributed by atoms with Crippen LogP contribution in [0.15, 0.2) is 30.3 Å². The van der Waals surface area contributed by atoms with E-state index in [1.807, 2.05) is 26.8 Å². The van der Waals surface area contributed by atoms with E-state index < -0.39 is 29.7 Å². The van der Waals surface area contributed by atoms with Crippen LogP contribution in [0.2, 0.25) is 0 Å². The predicted molar refractivity (Wildman–Crippen MR) is 80.3 cm³/mol. The van der Waals surface area contributed by atoms with Crippen molar-refractivity contribution in [3.8, 4) is 0 Å². The molecule has 116 valence electrons. The van der Waals surface area contributed by atoms with Crippen LogP contribution in [-0.2, 0) is 9.53 Å². The zero-order valence-electron chi connectivity index (χ0n) is 12.7. The van der Waals surface area contributed by atoms with E-state index in [0.29, 0.717) is 5.69 Å². The molecule has 0 aromatic heterocycles. The largest absolute Gasteiger partial charge is 0.480 e. The van der Waals surface area contributed by atoms with Gasteiger partial charge in [-0.3, -0.25) is 0 Å². The first-order valence-corrected chi connectivity index (χ1v) is 6.72. The van der Waals surface area contributed by atoms with Gasteiger partial charge in [0, 0.05) is 5.69 Å². The molecule has 0 heterocycles. The molecule has 0 fully saturated rings. The van der Waals surface area contributed by atoms with Gasteiger partial charge in [-0.15, -0.1) is 0 Å². The van der Waals surface area contributed by atoms with Crippen molar-refractivity contribution in [3.05, 3.63) is 30.3 Å². The molecule has 1 aromatic carbocycles. The Kier molecular flexibility index (Phi) is 5.72. The molecule has 2 amide bonds. The highest BCUT2D eigenvalue weighted by atomic mass is 16.5. The highest BCUT2D eigenvalue weighted by Crippen LogP contribution is 2.13. The summed E-state index contributed by atoms with van der Waals surface area (Å²) in [5, 5.41) is 14.2. The van der Waals surface area contributed by atoms with Gasteiger partial charge >= 0.3 is 12.0 Å². The highest BCUT2D eigenvalue weighted by Gasteiger charge is 2.30. The summed E-state index contributed by atoms with van der Waals surface area (Å²) in [7, 11) is 0. The molecule has 0 radical (unpaired) electrons. The summed E-state index contributed by atoms with van der Waals surface area (Å²) in [5.41, 5.74) is 0.0913. The van der Waals surface area contributed by atoms with E-state index in [0.717, 1.165) is 0 Å². The number of hydrogen-bond donors (Lipinski definition) is 3. The number of carbonyl (C=O) groups excluding carboxylic acids is 1. The van der Waals surface area contributed by atoms with Crippen molar-refractivity contribution in [3.63, 3.8) is 0 Å². The third-order valence-electron chi connectivity index (χ3n) is 2.59. The molecule has 1 rings (SSSR count). The zero-order valence-corrected chi connectivity index (χ0v) is 12.7. The van der Waals surface area contributed by atoms with E-state index in [4.69, 9.17) is 4.74 Å². The van der Waals surface area contributed by atoms with E-state index in [1.165, 1.54) is 0 Å². The summed E-state index contributed by atoms with van der Waals surface area (Å²) < 4.78 is 5.59. The lowest BCUT2D eigenvalue weighted by molar-refractivity contribution is -0.146. The normalized spacial score (nSPS) is 14.1. The van der Waals surface area contributed by atoms with E-state index >= 15 is 0 Å². The fourth-order valence-electron chi connectivity index (χ4n) is 1.84. The maximum absolute atomic E-state index is 11.9. The molecular formula is C15H22N2O4. The third-order valence-corrected chi connectivity index (χ3v) is 2.59. The first-order chi connectivity index (χ1) is 9.69. The molecule has 2 atom stereocenters. The van der Waals surface area contributed by atoms with Gasteiger partial charge in [-0.25, -0.2) is 9.59 Å². The molecule has 0 aliphatic rings. The van der Waals surface area contributed by atoms with Crippen LogP contribution in [0.25, 0.3) is 0 Å². The van der Waals surface area contributed by atoms with Crippen LogP contribution in [0, 0.1) is 0 Å². The topological polar surface area (TPSA) is 87.7 Å². The number of anilines is 1. The maximum Gasteiger partial charge on any atom is 0.328 e. The van der Waals surface area contributed by atoms with Gasteiger partial charge in [0.25, 0.3) is 0 Å². The highest BCUT2D eigenvalue weighted by molar-refractivity contribution is 5.92. The maximum atomic E-state index is 11.9. The smallest absolute Gasteiger partial charge is 0.328 e. The molecule has 0 unspecified atom stereocenters. The number of amides is 2. The molecule has 0 aliphatic heterocycles. The second kappa shape index (κ2) is 7.08. The van der Waals surface area contributed by atoms with Gasteiger partial charge in [0.1, 0.15) is 0 Å². The fraction of sp³-hybridized carbons (Fsp3) is 0.467. The SMILES string of the molecule is C[C@@H](OC(C)(C)C)[C@H](NC(=O)Nc1ccccc1)C(=O)O. The quantitative estimate of drug-likeness (QED) is 0.778. The number of carbonyl (C=O) groups is 2. The van der Waals surface area contributed by atoms with Crippen LogP contribution >= 0.6 is 0 Å². The summed E-state index contributed by atoms with van der Waals surface area (Å²) in [5.74, 6) is -1.14. The second-order valence-corrected chi connectivity index (χ2v) is 5.72. The Morgan fingerprint density at radius 3 is 2.24 bits per heavy atom. The summed E-state index contributed by atoms with van der Waals surface area (Å²) in [4.78, 5) is 23.1. The summed E-state index contributed by atoms with van der Waals surface area (Å²) >= 11 is 0. The van der Waals surface area contributed by atoms with Gasteiger partial charge in [0.2, 0.25) is 0 Å². The molecule has 3 N–H and O–H groups in total. The molecule has 6 nitrogen and oxygen atoms in total. The van der Waals surface area contributed by atoms with Crippen LogP contribution in [0.4, 0.5) is 10.5 Å². The predicted octanol–water partition coefficient (Wildman–Crippen LogP) is 2.46. The number of hydrogen-bond acceptors (Lipinski definition) is 3. The average Bonchev–Trinajstić information content (AvgIpc) is 2.34. The average molecular weight is 294 g/mol. The summed E-state index contributed by atoms with van der Waals surface area (Å²) in [6, 6.07) is 7.08. The van der Waals surface area contributed by atoms with Gasteiger partial charge in [0.05, 0.1) is 11.7 Å². The zero-order chi connectivity index (χ0) is 16.0. The van der Waals surface area contributed by atoms with Crippen LogP contribution < -0.4 is 10.6 Å². The van der Waals surface area contributed by atoms with Crippen molar-refractivity contribution in [2.24, 2.45) is 0 Å². The first kappa shape index (κ1) is 17.0. The molecule has 0 spiro atoms. The number of aliphatic carboxylic acids is 1. The molecule has 0 saturated heterocycles. The molecule has 21 heavy (non-hydrogen) atoms. The van der Waals surface area contributed by atoms with Crippen molar-refractivity contribution >= 4 is 17.7 Å². The number of carboxylic acid groups (broad SMARTS) is 1. The number of benzene rings is 1. The molecule has 0 bridgehead atoms. The number of ether oxygens (including phenoxy) is 1. The Balaban J connectivity index is 2.66. The molecule has 6 heteroatoms. The Bertz CT molecular complexity index is 482. The molecule has 1 aromatic rings. The summed E-state index contributed by atoms with van der Waals surface area (Å²) in [6.45, 7) is 7.10. The van der Waals surface area contributed by atoms with Crippen LogP contribution in [0.3, 0.4) is 0 Å². The Morgan fingerprint density at radius 1 is 1.19 bits per heavy atom. The minimum absolute atomic E-state index is 0.495. The van der Waals surface area contributed by atoms with E-state index in [1.54, 1.807) is 31.2 Å². The lowest BCUT2D eigenvalue weighted by Crippen LogP contribution is -2.51. The number of rotatable bonds is 5. The Hall–Kier alpha value is -2.08. The van der Waals surface area contributed by atoms with Crippen molar-refractivity contribution in [2.45, 2.75) is 45.4 Å². The minimum Gasteiger partial charge on any atom is -0.480 e. The first-order valence-electron chi connectivity index (χ1n) is 6.72.